The van der Waals surface area contributed by atoms with Crippen LogP contribution in [-0.4, -0.2) is 31.1 Å². The molecule has 130 valence electrons. The Morgan fingerprint density at radius 3 is 2.64 bits per heavy atom. The molecule has 2 aromatic carbocycles. The lowest BCUT2D eigenvalue weighted by Crippen LogP contribution is -2.39. The highest BCUT2D eigenvalue weighted by atomic mass is 79.9. The van der Waals surface area contributed by atoms with Crippen LogP contribution in [0.1, 0.15) is 12.5 Å². The Labute approximate surface area is 154 Å². The molecule has 1 heterocycles. The van der Waals surface area contributed by atoms with Crippen LogP contribution in [0.2, 0.25) is 0 Å². The maximum atomic E-state index is 12.6. The molecule has 1 aliphatic heterocycles. The van der Waals surface area contributed by atoms with Crippen LogP contribution in [0.3, 0.4) is 0 Å². The molecule has 2 aromatic rings. The van der Waals surface area contributed by atoms with Crippen molar-refractivity contribution in [3.8, 4) is 5.75 Å². The zero-order valence-electron chi connectivity index (χ0n) is 13.8. The fraction of sp³-hybridized carbons (Fsp3) is 0.263. The van der Waals surface area contributed by atoms with E-state index in [1.165, 1.54) is 0 Å². The minimum absolute atomic E-state index is 0.220. The number of nitrogens with zero attached hydrogens (tertiary/aromatic N) is 1. The third-order valence-electron chi connectivity index (χ3n) is 3.98. The number of para-hydroxylation sites is 1. The molecule has 1 aliphatic rings. The van der Waals surface area contributed by atoms with E-state index in [1.54, 1.807) is 24.0 Å². The van der Waals surface area contributed by atoms with E-state index >= 15 is 0 Å². The monoisotopic (exact) mass is 403 g/mol. The molecule has 0 bridgehead atoms. The Bertz CT molecular complexity index is 775. The molecule has 0 saturated heterocycles. The Kier molecular flexibility index (Phi) is 5.38. The number of fused-ring (bicyclic) bond motifs is 1. The highest BCUT2D eigenvalue weighted by molar-refractivity contribution is 9.10. The molecule has 1 atom stereocenters. The molecule has 0 aromatic heterocycles. The normalized spacial score (nSPS) is 13.9. The minimum Gasteiger partial charge on any atom is -0.482 e. The van der Waals surface area contributed by atoms with Gasteiger partial charge in [-0.3, -0.25) is 4.79 Å². The van der Waals surface area contributed by atoms with E-state index in [-0.39, 0.29) is 12.5 Å². The number of carbonyl (C=O) groups excluding carboxylic acids is 2. The lowest BCUT2D eigenvalue weighted by Gasteiger charge is -2.21. The van der Waals surface area contributed by atoms with Crippen molar-refractivity contribution in [2.75, 3.05) is 18.1 Å². The van der Waals surface area contributed by atoms with Gasteiger partial charge in [0.15, 0.2) is 12.7 Å². The molecular formula is C19H18BrNO4. The van der Waals surface area contributed by atoms with Crippen LogP contribution in [0.5, 0.6) is 5.75 Å². The van der Waals surface area contributed by atoms with Gasteiger partial charge in [0.05, 0.1) is 0 Å². The molecule has 0 unspecified atom stereocenters. The van der Waals surface area contributed by atoms with Crippen LogP contribution in [0.25, 0.3) is 0 Å². The smallest absolute Gasteiger partial charge is 0.344 e. The van der Waals surface area contributed by atoms with Crippen LogP contribution in [-0.2, 0) is 20.7 Å². The first-order valence-corrected chi connectivity index (χ1v) is 8.81. The van der Waals surface area contributed by atoms with E-state index in [9.17, 15) is 9.59 Å². The predicted octanol–water partition coefficient (Wildman–Crippen LogP) is 3.35. The van der Waals surface area contributed by atoms with Gasteiger partial charge in [-0.25, -0.2) is 4.79 Å². The summed E-state index contributed by atoms with van der Waals surface area (Å²) in [6.07, 6.45) is -0.0397. The zero-order chi connectivity index (χ0) is 17.8. The molecule has 5 nitrogen and oxygen atoms in total. The van der Waals surface area contributed by atoms with Gasteiger partial charge in [0.2, 0.25) is 0 Å². The number of hydrogen-bond acceptors (Lipinski definition) is 4. The largest absolute Gasteiger partial charge is 0.482 e. The summed E-state index contributed by atoms with van der Waals surface area (Å²) >= 11 is 3.33. The minimum atomic E-state index is -0.854. The maximum Gasteiger partial charge on any atom is 0.344 e. The molecule has 6 heteroatoms. The molecule has 25 heavy (non-hydrogen) atoms. The van der Waals surface area contributed by atoms with Crippen LogP contribution in [0, 0.1) is 0 Å². The second-order valence-electron chi connectivity index (χ2n) is 5.74. The molecule has 0 N–H and O–H groups in total. The van der Waals surface area contributed by atoms with Crippen LogP contribution >= 0.6 is 15.9 Å². The van der Waals surface area contributed by atoms with Gasteiger partial charge in [0.25, 0.3) is 5.91 Å². The van der Waals surface area contributed by atoms with E-state index < -0.39 is 12.1 Å². The third-order valence-corrected chi connectivity index (χ3v) is 4.51. The molecular weight excluding hydrogens is 386 g/mol. The summed E-state index contributed by atoms with van der Waals surface area (Å²) in [5, 5.41) is 0. The highest BCUT2D eigenvalue weighted by Crippen LogP contribution is 2.28. The van der Waals surface area contributed by atoms with Gasteiger partial charge in [-0.15, -0.1) is 0 Å². The molecule has 3 rings (SSSR count). The summed E-state index contributed by atoms with van der Waals surface area (Å²) in [5.74, 6) is -0.231. The first-order valence-electron chi connectivity index (χ1n) is 8.02. The van der Waals surface area contributed by atoms with Crippen molar-refractivity contribution < 1.29 is 19.1 Å². The van der Waals surface area contributed by atoms with Crippen molar-refractivity contribution in [1.29, 1.82) is 0 Å². The Hall–Kier alpha value is -2.34. The summed E-state index contributed by atoms with van der Waals surface area (Å²) in [6, 6.07) is 14.9. The van der Waals surface area contributed by atoms with Crippen molar-refractivity contribution in [2.45, 2.75) is 19.4 Å². The van der Waals surface area contributed by atoms with Crippen LogP contribution in [0.4, 0.5) is 5.69 Å². The van der Waals surface area contributed by atoms with E-state index in [4.69, 9.17) is 9.47 Å². The van der Waals surface area contributed by atoms with Crippen molar-refractivity contribution in [2.24, 2.45) is 0 Å². The lowest BCUT2D eigenvalue weighted by atomic mass is 10.2. The summed E-state index contributed by atoms with van der Waals surface area (Å²) < 4.78 is 11.5. The number of amides is 1. The standard InChI is InChI=1S/C19H18BrNO4/c1-13(19(23)21-11-10-14-4-2-3-5-17(14)21)25-18(22)12-24-16-8-6-15(20)7-9-16/h2-9,13H,10-12H2,1H3/t13-/m1/s1. The van der Waals surface area contributed by atoms with Crippen molar-refractivity contribution in [3.05, 3.63) is 58.6 Å². The van der Waals surface area contributed by atoms with Crippen molar-refractivity contribution in [1.82, 2.24) is 0 Å². The Morgan fingerprint density at radius 1 is 1.16 bits per heavy atom. The first-order chi connectivity index (χ1) is 12.0. The van der Waals surface area contributed by atoms with Gasteiger partial charge in [-0.2, -0.15) is 0 Å². The summed E-state index contributed by atoms with van der Waals surface area (Å²) in [6.45, 7) is 1.95. The molecule has 0 radical (unpaired) electrons. The van der Waals surface area contributed by atoms with Crippen molar-refractivity contribution >= 4 is 33.5 Å². The third kappa shape index (κ3) is 4.20. The first kappa shape index (κ1) is 17.5. The van der Waals surface area contributed by atoms with Gasteiger partial charge in [0, 0.05) is 16.7 Å². The number of anilines is 1. The summed E-state index contributed by atoms with van der Waals surface area (Å²) in [4.78, 5) is 26.2. The summed E-state index contributed by atoms with van der Waals surface area (Å²) in [7, 11) is 0. The van der Waals surface area contributed by atoms with E-state index in [2.05, 4.69) is 15.9 Å². The number of esters is 1. The number of rotatable bonds is 5. The molecule has 0 fully saturated rings. The Morgan fingerprint density at radius 2 is 1.88 bits per heavy atom. The van der Waals surface area contributed by atoms with Crippen LogP contribution in [0.15, 0.2) is 53.0 Å². The average Bonchev–Trinajstić information content (AvgIpc) is 3.04. The Balaban J connectivity index is 1.53. The lowest BCUT2D eigenvalue weighted by molar-refractivity contribution is -0.155. The van der Waals surface area contributed by atoms with Gasteiger partial charge in [-0.05, 0) is 49.2 Å². The number of hydrogen-bond donors (Lipinski definition) is 0. The number of ether oxygens (including phenoxy) is 2. The fourth-order valence-corrected chi connectivity index (χ4v) is 3.01. The number of benzene rings is 2. The second kappa shape index (κ2) is 7.70. The summed E-state index contributed by atoms with van der Waals surface area (Å²) in [5.41, 5.74) is 2.02. The average molecular weight is 404 g/mol. The van der Waals surface area contributed by atoms with Gasteiger partial charge in [0.1, 0.15) is 5.75 Å². The molecule has 0 saturated carbocycles. The zero-order valence-corrected chi connectivity index (χ0v) is 15.4. The van der Waals surface area contributed by atoms with Gasteiger partial charge >= 0.3 is 5.97 Å². The van der Waals surface area contributed by atoms with Gasteiger partial charge in [-0.1, -0.05) is 34.1 Å². The predicted molar refractivity (Wildman–Crippen MR) is 97.7 cm³/mol. The van der Waals surface area contributed by atoms with Crippen molar-refractivity contribution in [3.63, 3.8) is 0 Å². The SMILES string of the molecule is C[C@@H](OC(=O)COc1ccc(Br)cc1)C(=O)N1CCc2ccccc21. The number of carbonyl (C=O) groups is 2. The topological polar surface area (TPSA) is 55.8 Å². The fourth-order valence-electron chi connectivity index (χ4n) is 2.74. The second-order valence-corrected chi connectivity index (χ2v) is 6.66. The van der Waals surface area contributed by atoms with E-state index in [0.717, 1.165) is 22.1 Å². The maximum absolute atomic E-state index is 12.6. The molecule has 0 aliphatic carbocycles. The highest BCUT2D eigenvalue weighted by Gasteiger charge is 2.29. The van der Waals surface area contributed by atoms with Crippen LogP contribution < -0.4 is 9.64 Å². The van der Waals surface area contributed by atoms with E-state index in [0.29, 0.717) is 12.3 Å². The molecule has 1 amide bonds. The number of halogens is 1. The van der Waals surface area contributed by atoms with Gasteiger partial charge < -0.3 is 14.4 Å². The quantitative estimate of drug-likeness (QED) is 0.718. The van der Waals surface area contributed by atoms with E-state index in [1.807, 2.05) is 36.4 Å². The molecule has 0 spiro atoms.